The van der Waals surface area contributed by atoms with E-state index in [4.69, 9.17) is 4.74 Å². The zero-order valence-electron chi connectivity index (χ0n) is 9.27. The molecule has 1 amide bonds. The second kappa shape index (κ2) is 4.84. The molecule has 16 heavy (non-hydrogen) atoms. The van der Waals surface area contributed by atoms with Crippen LogP contribution in [-0.2, 0) is 4.79 Å². The zero-order valence-corrected chi connectivity index (χ0v) is 9.27. The van der Waals surface area contributed by atoms with E-state index in [0.29, 0.717) is 6.04 Å². The average Bonchev–Trinajstić information content (AvgIpc) is 3.10. The molecule has 0 heterocycles. The zero-order chi connectivity index (χ0) is 11.4. The number of rotatable bonds is 4. The maximum Gasteiger partial charge on any atom is 0.244 e. The molecule has 0 unspecified atom stereocenters. The second-order valence-corrected chi connectivity index (χ2v) is 3.86. The number of nitrogens with one attached hydrogen (secondary N) is 1. The Kier molecular flexibility index (Phi) is 3.25. The molecule has 0 radical (unpaired) electrons. The lowest BCUT2D eigenvalue weighted by molar-refractivity contribution is -0.116. The summed E-state index contributed by atoms with van der Waals surface area (Å²) in [6, 6.07) is 8.01. The Balaban J connectivity index is 2.00. The first kappa shape index (κ1) is 10.7. The molecule has 1 saturated carbocycles. The lowest BCUT2D eigenvalue weighted by atomic mass is 10.2. The first-order valence-corrected chi connectivity index (χ1v) is 5.41. The van der Waals surface area contributed by atoms with Gasteiger partial charge in [0.25, 0.3) is 0 Å². The summed E-state index contributed by atoms with van der Waals surface area (Å²) in [6.45, 7) is 0. The lowest BCUT2D eigenvalue weighted by Gasteiger charge is -2.03. The summed E-state index contributed by atoms with van der Waals surface area (Å²) in [5, 5.41) is 2.90. The van der Waals surface area contributed by atoms with Crippen LogP contribution in [0.2, 0.25) is 0 Å². The maximum atomic E-state index is 11.4. The molecule has 0 atom stereocenters. The second-order valence-electron chi connectivity index (χ2n) is 3.86. The molecule has 1 aliphatic rings. The molecule has 0 aromatic heterocycles. The van der Waals surface area contributed by atoms with Crippen LogP contribution in [0.25, 0.3) is 6.08 Å². The van der Waals surface area contributed by atoms with Crippen molar-refractivity contribution in [3.05, 3.63) is 35.9 Å². The normalized spacial score (nSPS) is 15.1. The number of hydrogen-bond donors (Lipinski definition) is 1. The molecule has 1 N–H and O–H groups in total. The van der Waals surface area contributed by atoms with Crippen LogP contribution in [0.1, 0.15) is 18.4 Å². The van der Waals surface area contributed by atoms with Crippen LogP contribution in [0, 0.1) is 0 Å². The van der Waals surface area contributed by atoms with E-state index in [1.807, 2.05) is 24.3 Å². The number of amides is 1. The van der Waals surface area contributed by atoms with Gasteiger partial charge in [-0.25, -0.2) is 0 Å². The summed E-state index contributed by atoms with van der Waals surface area (Å²) < 4.78 is 5.19. The molecule has 0 spiro atoms. The van der Waals surface area contributed by atoms with Gasteiger partial charge < -0.3 is 10.1 Å². The van der Waals surface area contributed by atoms with Crippen molar-refractivity contribution in [3.8, 4) is 5.75 Å². The van der Waals surface area contributed by atoms with Crippen molar-refractivity contribution >= 4 is 12.0 Å². The van der Waals surface area contributed by atoms with Gasteiger partial charge in [-0.15, -0.1) is 0 Å². The lowest BCUT2D eigenvalue weighted by Crippen LogP contribution is -2.22. The van der Waals surface area contributed by atoms with E-state index >= 15 is 0 Å². The highest BCUT2D eigenvalue weighted by Gasteiger charge is 2.21. The topological polar surface area (TPSA) is 38.3 Å². The van der Waals surface area contributed by atoms with E-state index in [9.17, 15) is 4.79 Å². The molecular weight excluding hydrogens is 202 g/mol. The van der Waals surface area contributed by atoms with Gasteiger partial charge in [-0.05, 0) is 25.0 Å². The van der Waals surface area contributed by atoms with E-state index in [0.717, 1.165) is 24.2 Å². The Bertz CT molecular complexity index is 408. The third-order valence-electron chi connectivity index (χ3n) is 2.48. The molecule has 1 aliphatic carbocycles. The molecule has 2 rings (SSSR count). The van der Waals surface area contributed by atoms with Gasteiger partial charge >= 0.3 is 0 Å². The summed E-state index contributed by atoms with van der Waals surface area (Å²) in [5.41, 5.74) is 0.913. The summed E-state index contributed by atoms with van der Waals surface area (Å²) in [6.07, 6.45) is 5.54. The van der Waals surface area contributed by atoms with Gasteiger partial charge in [0, 0.05) is 17.7 Å². The van der Waals surface area contributed by atoms with Crippen molar-refractivity contribution in [3.63, 3.8) is 0 Å². The molecule has 0 aliphatic heterocycles. The van der Waals surface area contributed by atoms with Crippen molar-refractivity contribution in [2.45, 2.75) is 18.9 Å². The van der Waals surface area contributed by atoms with E-state index in [2.05, 4.69) is 5.32 Å². The third-order valence-corrected chi connectivity index (χ3v) is 2.48. The molecule has 3 heteroatoms. The molecule has 0 saturated heterocycles. The van der Waals surface area contributed by atoms with Crippen molar-refractivity contribution < 1.29 is 9.53 Å². The maximum absolute atomic E-state index is 11.4. The summed E-state index contributed by atoms with van der Waals surface area (Å²) in [4.78, 5) is 11.4. The fourth-order valence-electron chi connectivity index (χ4n) is 1.45. The van der Waals surface area contributed by atoms with E-state index in [1.165, 1.54) is 0 Å². The van der Waals surface area contributed by atoms with Crippen LogP contribution in [-0.4, -0.2) is 19.1 Å². The molecule has 3 nitrogen and oxygen atoms in total. The van der Waals surface area contributed by atoms with Gasteiger partial charge in [-0.3, -0.25) is 4.79 Å². The number of para-hydroxylation sites is 1. The standard InChI is InChI=1S/C13H15NO2/c1-16-12-5-3-2-4-10(12)6-9-13(15)14-11-7-8-11/h2-6,9,11H,7-8H2,1H3,(H,14,15)/b9-6+. The molecule has 1 aromatic carbocycles. The number of benzene rings is 1. The van der Waals surface area contributed by atoms with Crippen molar-refractivity contribution in [1.82, 2.24) is 5.32 Å². The van der Waals surface area contributed by atoms with Crippen LogP contribution in [0.3, 0.4) is 0 Å². The number of carbonyl (C=O) groups excluding carboxylic acids is 1. The fourth-order valence-corrected chi connectivity index (χ4v) is 1.45. The Morgan fingerprint density at radius 3 is 2.88 bits per heavy atom. The molecular formula is C13H15NO2. The predicted molar refractivity (Wildman–Crippen MR) is 63.2 cm³/mol. The highest BCUT2D eigenvalue weighted by molar-refractivity contribution is 5.92. The minimum absolute atomic E-state index is 0.0339. The van der Waals surface area contributed by atoms with E-state index in [1.54, 1.807) is 19.3 Å². The van der Waals surface area contributed by atoms with Crippen molar-refractivity contribution in [1.29, 1.82) is 0 Å². The van der Waals surface area contributed by atoms with E-state index < -0.39 is 0 Å². The highest BCUT2D eigenvalue weighted by atomic mass is 16.5. The Hall–Kier alpha value is -1.77. The van der Waals surface area contributed by atoms with Crippen LogP contribution < -0.4 is 10.1 Å². The van der Waals surface area contributed by atoms with E-state index in [-0.39, 0.29) is 5.91 Å². The monoisotopic (exact) mass is 217 g/mol. The Morgan fingerprint density at radius 2 is 2.19 bits per heavy atom. The van der Waals surface area contributed by atoms with Crippen LogP contribution in [0.4, 0.5) is 0 Å². The predicted octanol–water partition coefficient (Wildman–Crippen LogP) is 1.99. The third kappa shape index (κ3) is 2.86. The van der Waals surface area contributed by atoms with Crippen LogP contribution in [0.15, 0.2) is 30.3 Å². The Labute approximate surface area is 95.1 Å². The van der Waals surface area contributed by atoms with Crippen LogP contribution >= 0.6 is 0 Å². The number of methoxy groups -OCH3 is 1. The first-order chi connectivity index (χ1) is 7.79. The Morgan fingerprint density at radius 1 is 1.44 bits per heavy atom. The number of carbonyl (C=O) groups is 1. The minimum atomic E-state index is -0.0339. The highest BCUT2D eigenvalue weighted by Crippen LogP contribution is 2.20. The number of hydrogen-bond acceptors (Lipinski definition) is 2. The average molecular weight is 217 g/mol. The summed E-state index contributed by atoms with van der Waals surface area (Å²) >= 11 is 0. The van der Waals surface area contributed by atoms with Crippen molar-refractivity contribution in [2.24, 2.45) is 0 Å². The van der Waals surface area contributed by atoms with Gasteiger partial charge in [0.05, 0.1) is 7.11 Å². The van der Waals surface area contributed by atoms with Gasteiger partial charge in [-0.2, -0.15) is 0 Å². The SMILES string of the molecule is COc1ccccc1/C=C/C(=O)NC1CC1. The van der Waals surface area contributed by atoms with Crippen LogP contribution in [0.5, 0.6) is 5.75 Å². The van der Waals surface area contributed by atoms with Gasteiger partial charge in [0.1, 0.15) is 5.75 Å². The minimum Gasteiger partial charge on any atom is -0.496 e. The quantitative estimate of drug-likeness (QED) is 0.783. The first-order valence-electron chi connectivity index (χ1n) is 5.41. The smallest absolute Gasteiger partial charge is 0.244 e. The largest absolute Gasteiger partial charge is 0.496 e. The summed E-state index contributed by atoms with van der Waals surface area (Å²) in [7, 11) is 1.62. The van der Waals surface area contributed by atoms with Gasteiger partial charge in [0.2, 0.25) is 5.91 Å². The summed E-state index contributed by atoms with van der Waals surface area (Å²) in [5.74, 6) is 0.742. The van der Waals surface area contributed by atoms with Gasteiger partial charge in [0.15, 0.2) is 0 Å². The molecule has 0 bridgehead atoms. The fraction of sp³-hybridized carbons (Fsp3) is 0.308. The number of ether oxygens (including phenoxy) is 1. The molecule has 1 fully saturated rings. The molecule has 84 valence electrons. The van der Waals surface area contributed by atoms with Gasteiger partial charge in [-0.1, -0.05) is 18.2 Å². The van der Waals surface area contributed by atoms with Crippen molar-refractivity contribution in [2.75, 3.05) is 7.11 Å². The molecule has 1 aromatic rings.